The zero-order valence-electron chi connectivity index (χ0n) is 21.0. The Labute approximate surface area is 217 Å². The smallest absolute Gasteiger partial charge is 0.319 e. The summed E-state index contributed by atoms with van der Waals surface area (Å²) in [5, 5.41) is 14.9. The molecule has 0 aromatic heterocycles. The Morgan fingerprint density at radius 1 is 1.14 bits per heavy atom. The molecule has 0 spiro atoms. The van der Waals surface area contributed by atoms with Gasteiger partial charge in [0.15, 0.2) is 0 Å². The van der Waals surface area contributed by atoms with Gasteiger partial charge in [-0.25, -0.2) is 9.18 Å². The average molecular weight is 508 g/mol. The molecule has 2 aromatic carbocycles. The zero-order valence-corrected chi connectivity index (χ0v) is 21.0. The van der Waals surface area contributed by atoms with E-state index in [-0.39, 0.29) is 24.2 Å². The van der Waals surface area contributed by atoms with Crippen LogP contribution in [0.25, 0.3) is 0 Å². The minimum atomic E-state index is -0.408. The van der Waals surface area contributed by atoms with Crippen molar-refractivity contribution in [2.24, 2.45) is 5.92 Å². The van der Waals surface area contributed by atoms with Gasteiger partial charge in [0.1, 0.15) is 5.82 Å². The molecule has 2 aromatic rings. The van der Waals surface area contributed by atoms with E-state index in [1.54, 1.807) is 24.3 Å². The molecular weight excluding hydrogens is 473 g/mol. The van der Waals surface area contributed by atoms with Gasteiger partial charge in [0.2, 0.25) is 5.91 Å². The highest BCUT2D eigenvalue weighted by Crippen LogP contribution is 2.22. The molecule has 2 fully saturated rings. The first kappa shape index (κ1) is 26.6. The quantitative estimate of drug-likeness (QED) is 0.571. The van der Waals surface area contributed by atoms with Crippen molar-refractivity contribution in [3.05, 3.63) is 65.5 Å². The monoisotopic (exact) mass is 507 g/mol. The summed E-state index contributed by atoms with van der Waals surface area (Å²) >= 11 is 0. The number of amides is 3. The van der Waals surface area contributed by atoms with Gasteiger partial charge in [-0.15, -0.1) is 0 Å². The summed E-state index contributed by atoms with van der Waals surface area (Å²) in [6.45, 7) is 4.68. The third-order valence-electron chi connectivity index (χ3n) is 6.90. The third kappa shape index (κ3) is 8.27. The Hall–Kier alpha value is -3.48. The Balaban J connectivity index is 1.36. The Bertz CT molecular complexity index is 1100. The predicted octanol–water partition coefficient (Wildman–Crippen LogP) is 3.39. The molecule has 2 aliphatic heterocycles. The number of anilines is 1. The highest BCUT2D eigenvalue weighted by atomic mass is 19.1. The number of nitriles is 1. The number of likely N-dealkylation sites (tertiary alicyclic amines) is 1. The Kier molecular flexibility index (Phi) is 9.46. The normalized spacial score (nSPS) is 19.0. The van der Waals surface area contributed by atoms with Gasteiger partial charge in [0.05, 0.1) is 30.9 Å². The highest BCUT2D eigenvalue weighted by molar-refractivity contribution is 5.90. The minimum absolute atomic E-state index is 0.0221. The summed E-state index contributed by atoms with van der Waals surface area (Å²) in [5.74, 6) is 0.100. The van der Waals surface area contributed by atoms with Gasteiger partial charge >= 0.3 is 6.03 Å². The van der Waals surface area contributed by atoms with Crippen molar-refractivity contribution < 1.29 is 18.7 Å². The van der Waals surface area contributed by atoms with Crippen LogP contribution in [0.5, 0.6) is 0 Å². The second kappa shape index (κ2) is 13.2. The molecule has 3 amide bonds. The molecule has 0 bridgehead atoms. The number of ether oxygens (including phenoxy) is 1. The third-order valence-corrected chi connectivity index (χ3v) is 6.90. The van der Waals surface area contributed by atoms with Crippen molar-refractivity contribution in [2.75, 3.05) is 51.3 Å². The second-order valence-corrected chi connectivity index (χ2v) is 9.78. The maximum absolute atomic E-state index is 13.3. The van der Waals surface area contributed by atoms with E-state index in [4.69, 9.17) is 10.00 Å². The van der Waals surface area contributed by atoms with Gasteiger partial charge < -0.3 is 20.3 Å². The molecular formula is C28H34FN5O3. The van der Waals surface area contributed by atoms with E-state index in [2.05, 4.69) is 21.6 Å². The average Bonchev–Trinajstić information content (AvgIpc) is 2.90. The zero-order chi connectivity index (χ0) is 26.0. The van der Waals surface area contributed by atoms with Gasteiger partial charge in [-0.3, -0.25) is 9.69 Å². The Morgan fingerprint density at radius 3 is 2.68 bits per heavy atom. The van der Waals surface area contributed by atoms with E-state index in [1.807, 2.05) is 17.0 Å². The van der Waals surface area contributed by atoms with Crippen LogP contribution in [-0.4, -0.2) is 73.7 Å². The summed E-state index contributed by atoms with van der Waals surface area (Å²) in [7, 11) is 0. The minimum Gasteiger partial charge on any atom is -0.379 e. The van der Waals surface area contributed by atoms with Gasteiger partial charge in [-0.05, 0) is 61.1 Å². The number of carbonyl (C=O) groups is 2. The maximum atomic E-state index is 13.3. The summed E-state index contributed by atoms with van der Waals surface area (Å²) < 4.78 is 18.7. The van der Waals surface area contributed by atoms with Crippen LogP contribution in [0.1, 0.15) is 30.4 Å². The molecule has 4 rings (SSSR count). The highest BCUT2D eigenvalue weighted by Gasteiger charge is 2.28. The lowest BCUT2D eigenvalue weighted by molar-refractivity contribution is -0.133. The van der Waals surface area contributed by atoms with E-state index >= 15 is 0 Å². The largest absolute Gasteiger partial charge is 0.379 e. The van der Waals surface area contributed by atoms with Crippen molar-refractivity contribution in [2.45, 2.75) is 31.7 Å². The fourth-order valence-electron chi connectivity index (χ4n) is 5.03. The number of nitrogens with zero attached hydrogens (tertiary/aromatic N) is 3. The molecule has 2 atom stereocenters. The first-order chi connectivity index (χ1) is 18.0. The fraction of sp³-hybridized carbons (Fsp3) is 0.464. The van der Waals surface area contributed by atoms with E-state index in [1.165, 1.54) is 12.1 Å². The number of halogens is 1. The lowest BCUT2D eigenvalue weighted by Crippen LogP contribution is -2.51. The van der Waals surface area contributed by atoms with Gasteiger partial charge in [0.25, 0.3) is 0 Å². The van der Waals surface area contributed by atoms with Crippen LogP contribution in [0.3, 0.4) is 0 Å². The van der Waals surface area contributed by atoms with Crippen LogP contribution in [0.15, 0.2) is 48.5 Å². The Morgan fingerprint density at radius 2 is 1.92 bits per heavy atom. The van der Waals surface area contributed by atoms with Crippen molar-refractivity contribution >= 4 is 17.6 Å². The van der Waals surface area contributed by atoms with Crippen LogP contribution < -0.4 is 10.6 Å². The first-order valence-electron chi connectivity index (χ1n) is 12.9. The topological polar surface area (TPSA) is 97.7 Å². The van der Waals surface area contributed by atoms with Crippen LogP contribution in [-0.2, 0) is 16.0 Å². The molecule has 8 nitrogen and oxygen atoms in total. The molecule has 1 unspecified atom stereocenters. The number of urea groups is 1. The molecule has 37 heavy (non-hydrogen) atoms. The van der Waals surface area contributed by atoms with E-state index in [0.29, 0.717) is 50.0 Å². The molecule has 0 aliphatic carbocycles. The maximum Gasteiger partial charge on any atom is 0.319 e. The molecule has 2 aliphatic rings. The van der Waals surface area contributed by atoms with Crippen molar-refractivity contribution in [1.82, 2.24) is 15.1 Å². The standard InChI is InChI=1S/C28H34FN5O3/c29-24-8-6-21(7-9-24)15-23-4-2-10-34(19-23)27(35)17-26(20-33-11-13-37-14-12-33)32-28(36)31-25-5-1-3-22(16-25)18-30/h1,3,5-9,16,23,26H,2,4,10-15,17,19-20H2,(H2,31,32,36)/t23?,26-/m0/s1. The van der Waals surface area contributed by atoms with Crippen LogP contribution >= 0.6 is 0 Å². The lowest BCUT2D eigenvalue weighted by atomic mass is 9.91. The van der Waals surface area contributed by atoms with Gasteiger partial charge in [-0.1, -0.05) is 18.2 Å². The number of carbonyl (C=O) groups excluding carboxylic acids is 2. The number of piperidine rings is 1. The number of hydrogen-bond acceptors (Lipinski definition) is 5. The van der Waals surface area contributed by atoms with Crippen molar-refractivity contribution in [3.8, 4) is 6.07 Å². The van der Waals surface area contributed by atoms with Gasteiger partial charge in [-0.2, -0.15) is 5.26 Å². The van der Waals surface area contributed by atoms with Crippen LogP contribution in [0.4, 0.5) is 14.9 Å². The molecule has 2 saturated heterocycles. The number of benzene rings is 2. The summed E-state index contributed by atoms with van der Waals surface area (Å²) in [4.78, 5) is 30.2. The van der Waals surface area contributed by atoms with Crippen molar-refractivity contribution in [1.29, 1.82) is 5.26 Å². The number of morpholine rings is 1. The molecule has 0 radical (unpaired) electrons. The lowest BCUT2D eigenvalue weighted by Gasteiger charge is -2.35. The summed E-state index contributed by atoms with van der Waals surface area (Å²) in [5.41, 5.74) is 2.05. The second-order valence-electron chi connectivity index (χ2n) is 9.78. The first-order valence-corrected chi connectivity index (χ1v) is 12.9. The summed E-state index contributed by atoms with van der Waals surface area (Å²) in [6, 6.07) is 14.6. The number of nitrogens with one attached hydrogen (secondary N) is 2. The summed E-state index contributed by atoms with van der Waals surface area (Å²) in [6.07, 6.45) is 2.96. The molecule has 9 heteroatoms. The number of hydrogen-bond donors (Lipinski definition) is 2. The fourth-order valence-corrected chi connectivity index (χ4v) is 5.03. The van der Waals surface area contributed by atoms with Crippen molar-refractivity contribution in [3.63, 3.8) is 0 Å². The number of rotatable bonds is 8. The van der Waals surface area contributed by atoms with Crippen LogP contribution in [0.2, 0.25) is 0 Å². The predicted molar refractivity (Wildman–Crippen MR) is 138 cm³/mol. The molecule has 2 heterocycles. The van der Waals surface area contributed by atoms with Crippen LogP contribution in [0, 0.1) is 23.1 Å². The van der Waals surface area contributed by atoms with Gasteiger partial charge in [0, 0.05) is 44.8 Å². The molecule has 2 N–H and O–H groups in total. The van der Waals surface area contributed by atoms with E-state index in [0.717, 1.165) is 37.9 Å². The van der Waals surface area contributed by atoms with E-state index < -0.39 is 6.03 Å². The molecule has 196 valence electrons. The SMILES string of the molecule is N#Cc1cccc(NC(=O)N[C@@H](CC(=O)N2CCCC(Cc3ccc(F)cc3)C2)CN2CCOCC2)c1. The molecule has 0 saturated carbocycles. The van der Waals surface area contributed by atoms with E-state index in [9.17, 15) is 14.0 Å².